The Morgan fingerprint density at radius 3 is 2.62 bits per heavy atom. The Bertz CT molecular complexity index is 616. The van der Waals surface area contributed by atoms with Crippen LogP contribution in [0.4, 0.5) is 9.18 Å². The number of benzene rings is 1. The summed E-state index contributed by atoms with van der Waals surface area (Å²) in [6.45, 7) is 5.68. The second kappa shape index (κ2) is 7.31. The van der Waals surface area contributed by atoms with Crippen LogP contribution in [0.5, 0.6) is 0 Å². The minimum Gasteiger partial charge on any atom is -0.444 e. The van der Waals surface area contributed by atoms with E-state index in [2.05, 4.69) is 17.2 Å². The van der Waals surface area contributed by atoms with Crippen LogP contribution >= 0.6 is 0 Å². The summed E-state index contributed by atoms with van der Waals surface area (Å²) in [6, 6.07) is 5.78. The summed E-state index contributed by atoms with van der Waals surface area (Å²) in [5.74, 6) is 5.06. The van der Waals surface area contributed by atoms with Gasteiger partial charge in [-0.05, 0) is 39.0 Å². The van der Waals surface area contributed by atoms with Gasteiger partial charge in [0, 0.05) is 18.5 Å². The highest BCUT2D eigenvalue weighted by Crippen LogP contribution is 2.07. The molecule has 0 aliphatic carbocycles. The molecule has 0 aliphatic rings. The highest BCUT2D eigenvalue weighted by molar-refractivity contribution is 5.67. The normalized spacial score (nSPS) is 10.0. The summed E-state index contributed by atoms with van der Waals surface area (Å²) < 4.78 is 18.2. The summed E-state index contributed by atoms with van der Waals surface area (Å²) in [6.07, 6.45) is -0.0979. The molecule has 0 aliphatic heterocycles. The number of nitrogens with one attached hydrogen (secondary N) is 1. The first-order chi connectivity index (χ1) is 9.80. The SMILES string of the molecule is CC(C)(C)OC(=O)NCCC#Cc1cc(F)cc(C#N)c1. The van der Waals surface area contributed by atoms with Gasteiger partial charge < -0.3 is 10.1 Å². The van der Waals surface area contributed by atoms with Crippen LogP contribution in [0.15, 0.2) is 18.2 Å². The summed E-state index contributed by atoms with van der Waals surface area (Å²) in [5.41, 5.74) is 0.125. The topological polar surface area (TPSA) is 62.1 Å². The number of halogens is 1. The van der Waals surface area contributed by atoms with Crippen LogP contribution in [0, 0.1) is 29.0 Å². The van der Waals surface area contributed by atoms with Gasteiger partial charge in [0.25, 0.3) is 0 Å². The van der Waals surface area contributed by atoms with E-state index in [4.69, 9.17) is 10.00 Å². The lowest BCUT2D eigenvalue weighted by Crippen LogP contribution is -2.32. The van der Waals surface area contributed by atoms with Crippen molar-refractivity contribution in [2.45, 2.75) is 32.8 Å². The number of amides is 1. The molecule has 0 fully saturated rings. The molecule has 0 radical (unpaired) electrons. The van der Waals surface area contributed by atoms with Gasteiger partial charge >= 0.3 is 6.09 Å². The van der Waals surface area contributed by atoms with Crippen LogP contribution in [0.2, 0.25) is 0 Å². The quantitative estimate of drug-likeness (QED) is 0.672. The average Bonchev–Trinajstić information content (AvgIpc) is 2.35. The zero-order valence-electron chi connectivity index (χ0n) is 12.3. The third-order valence-electron chi connectivity index (χ3n) is 2.18. The van der Waals surface area contributed by atoms with Crippen LogP contribution in [-0.4, -0.2) is 18.2 Å². The molecule has 0 heterocycles. The maximum atomic E-state index is 13.2. The van der Waals surface area contributed by atoms with Crippen LogP contribution in [0.3, 0.4) is 0 Å². The molecule has 0 unspecified atom stereocenters. The van der Waals surface area contributed by atoms with Gasteiger partial charge in [-0.25, -0.2) is 9.18 Å². The molecule has 1 N–H and O–H groups in total. The summed E-state index contributed by atoms with van der Waals surface area (Å²) in [5, 5.41) is 11.3. The van der Waals surface area contributed by atoms with Crippen molar-refractivity contribution in [2.75, 3.05) is 6.54 Å². The minimum atomic E-state index is -0.537. The average molecular weight is 288 g/mol. The Balaban J connectivity index is 2.46. The van der Waals surface area contributed by atoms with Crippen LogP contribution < -0.4 is 5.32 Å². The Hall–Kier alpha value is -2.53. The lowest BCUT2D eigenvalue weighted by molar-refractivity contribution is 0.0529. The van der Waals surface area contributed by atoms with Gasteiger partial charge in [0.15, 0.2) is 0 Å². The van der Waals surface area contributed by atoms with Crippen LogP contribution in [0.25, 0.3) is 0 Å². The van der Waals surface area contributed by atoms with Crippen molar-refractivity contribution < 1.29 is 13.9 Å². The predicted molar refractivity (Wildman–Crippen MR) is 76.8 cm³/mol. The molecule has 0 atom stereocenters. The number of hydrogen-bond donors (Lipinski definition) is 1. The van der Waals surface area contributed by atoms with Crippen molar-refractivity contribution in [1.82, 2.24) is 5.32 Å². The second-order valence-electron chi connectivity index (χ2n) is 5.32. The smallest absolute Gasteiger partial charge is 0.407 e. The number of carbonyl (C=O) groups excluding carboxylic acids is 1. The predicted octanol–water partition coefficient (Wildman–Crippen LogP) is 2.96. The molecule has 1 rings (SSSR count). The van der Waals surface area contributed by atoms with E-state index in [0.717, 1.165) is 6.07 Å². The summed E-state index contributed by atoms with van der Waals surface area (Å²) >= 11 is 0. The van der Waals surface area contributed by atoms with Crippen molar-refractivity contribution in [3.63, 3.8) is 0 Å². The first-order valence-corrected chi connectivity index (χ1v) is 6.46. The second-order valence-corrected chi connectivity index (χ2v) is 5.32. The minimum absolute atomic E-state index is 0.228. The highest BCUT2D eigenvalue weighted by Gasteiger charge is 2.15. The van der Waals surface area contributed by atoms with Gasteiger partial charge in [0.2, 0.25) is 0 Å². The Morgan fingerprint density at radius 2 is 2.00 bits per heavy atom. The molecule has 1 amide bonds. The maximum Gasteiger partial charge on any atom is 0.407 e. The van der Waals surface area contributed by atoms with Gasteiger partial charge in [0.05, 0.1) is 11.6 Å². The van der Waals surface area contributed by atoms with Crippen molar-refractivity contribution in [1.29, 1.82) is 5.26 Å². The van der Waals surface area contributed by atoms with E-state index in [9.17, 15) is 9.18 Å². The molecule has 1 aromatic rings. The molecule has 21 heavy (non-hydrogen) atoms. The van der Waals surface area contributed by atoms with Gasteiger partial charge in [-0.1, -0.05) is 11.8 Å². The Labute approximate surface area is 123 Å². The van der Waals surface area contributed by atoms with Crippen molar-refractivity contribution in [3.05, 3.63) is 35.1 Å². The van der Waals surface area contributed by atoms with Gasteiger partial charge in [-0.2, -0.15) is 5.26 Å². The summed E-state index contributed by atoms with van der Waals surface area (Å²) in [4.78, 5) is 11.4. The van der Waals surface area contributed by atoms with Crippen LogP contribution in [0.1, 0.15) is 38.3 Å². The van der Waals surface area contributed by atoms with Crippen molar-refractivity contribution in [2.24, 2.45) is 0 Å². The molecule has 4 nitrogen and oxygen atoms in total. The fourth-order valence-corrected chi connectivity index (χ4v) is 1.43. The third-order valence-corrected chi connectivity index (χ3v) is 2.18. The van der Waals surface area contributed by atoms with E-state index in [1.54, 1.807) is 20.8 Å². The number of rotatable bonds is 2. The van der Waals surface area contributed by atoms with E-state index < -0.39 is 17.5 Å². The van der Waals surface area contributed by atoms with Crippen LogP contribution in [-0.2, 0) is 4.74 Å². The molecular weight excluding hydrogens is 271 g/mol. The maximum absolute atomic E-state index is 13.2. The van der Waals surface area contributed by atoms with E-state index in [-0.39, 0.29) is 5.56 Å². The van der Waals surface area contributed by atoms with Gasteiger partial charge in [-0.15, -0.1) is 0 Å². The first-order valence-electron chi connectivity index (χ1n) is 6.46. The zero-order chi connectivity index (χ0) is 15.9. The fraction of sp³-hybridized carbons (Fsp3) is 0.375. The van der Waals surface area contributed by atoms with Gasteiger partial charge in [0.1, 0.15) is 11.4 Å². The number of hydrogen-bond acceptors (Lipinski definition) is 3. The fourth-order valence-electron chi connectivity index (χ4n) is 1.43. The molecule has 0 saturated heterocycles. The number of ether oxygens (including phenoxy) is 1. The lowest BCUT2D eigenvalue weighted by atomic mass is 10.1. The standard InChI is InChI=1S/C16H17FN2O2/c1-16(2,3)21-15(20)19-7-5-4-6-12-8-13(11-18)10-14(17)9-12/h8-10H,5,7H2,1-3H3,(H,19,20). The van der Waals surface area contributed by atoms with Gasteiger partial charge in [-0.3, -0.25) is 0 Å². The third kappa shape index (κ3) is 6.98. The van der Waals surface area contributed by atoms with E-state index >= 15 is 0 Å². The number of nitriles is 1. The molecule has 110 valence electrons. The number of carbonyl (C=O) groups is 1. The molecule has 0 bridgehead atoms. The Kier molecular flexibility index (Phi) is 5.75. The summed E-state index contributed by atoms with van der Waals surface area (Å²) in [7, 11) is 0. The zero-order valence-corrected chi connectivity index (χ0v) is 12.3. The monoisotopic (exact) mass is 288 g/mol. The molecule has 0 saturated carbocycles. The molecule has 5 heteroatoms. The Morgan fingerprint density at radius 1 is 1.33 bits per heavy atom. The lowest BCUT2D eigenvalue weighted by Gasteiger charge is -2.19. The number of alkyl carbamates (subject to hydrolysis) is 1. The highest BCUT2D eigenvalue weighted by atomic mass is 19.1. The first kappa shape index (κ1) is 16.5. The molecule has 0 spiro atoms. The molecule has 0 aromatic heterocycles. The molecular formula is C16H17FN2O2. The largest absolute Gasteiger partial charge is 0.444 e. The van der Waals surface area contributed by atoms with E-state index in [0.29, 0.717) is 18.5 Å². The number of nitrogens with zero attached hydrogens (tertiary/aromatic N) is 1. The van der Waals surface area contributed by atoms with E-state index in [1.807, 2.05) is 6.07 Å². The van der Waals surface area contributed by atoms with Crippen molar-refractivity contribution >= 4 is 6.09 Å². The molecule has 1 aromatic carbocycles. The van der Waals surface area contributed by atoms with Crippen molar-refractivity contribution in [3.8, 4) is 17.9 Å². The van der Waals surface area contributed by atoms with E-state index in [1.165, 1.54) is 12.1 Å².